The molecule has 16 heavy (non-hydrogen) atoms. The van der Waals surface area contributed by atoms with Gasteiger partial charge in [-0.25, -0.2) is 0 Å². The Kier molecular flexibility index (Phi) is 3.60. The topological polar surface area (TPSA) is 88.3 Å². The number of nitrogens with one attached hydrogen (secondary N) is 1. The minimum Gasteiger partial charge on any atom is -0.347 e. The summed E-state index contributed by atoms with van der Waals surface area (Å²) in [5.41, 5.74) is 0. The number of amides is 2. The van der Waals surface area contributed by atoms with Crippen LogP contribution in [0.3, 0.4) is 0 Å². The lowest BCUT2D eigenvalue weighted by Crippen LogP contribution is -2.44. The summed E-state index contributed by atoms with van der Waals surface area (Å²) in [5, 5.41) is 5.95. The molecule has 2 amide bonds. The third kappa shape index (κ3) is 2.78. The first-order valence-electron chi connectivity index (χ1n) is 4.74. The van der Waals surface area contributed by atoms with Crippen LogP contribution in [0.4, 0.5) is 0 Å². The molecule has 0 aliphatic heterocycles. The first-order chi connectivity index (χ1) is 7.41. The van der Waals surface area contributed by atoms with Gasteiger partial charge in [0.15, 0.2) is 5.82 Å². The van der Waals surface area contributed by atoms with Crippen molar-refractivity contribution in [3.63, 3.8) is 0 Å². The summed E-state index contributed by atoms with van der Waals surface area (Å²) in [6.45, 7) is 3.19. The molecule has 0 radical (unpaired) electrons. The van der Waals surface area contributed by atoms with E-state index in [1.165, 1.54) is 4.90 Å². The normalized spacial score (nSPS) is 12.0. The highest BCUT2D eigenvalue weighted by Gasteiger charge is 2.21. The fraction of sp³-hybridized carbons (Fsp3) is 0.556. The Labute approximate surface area is 92.8 Å². The van der Waals surface area contributed by atoms with E-state index >= 15 is 0 Å². The second kappa shape index (κ2) is 4.73. The maximum atomic E-state index is 11.5. The molecule has 0 saturated carbocycles. The van der Waals surface area contributed by atoms with Crippen LogP contribution in [-0.4, -0.2) is 47.0 Å². The Bertz CT molecular complexity index is 399. The summed E-state index contributed by atoms with van der Waals surface area (Å²) >= 11 is 0. The molecule has 0 fully saturated rings. The molecule has 7 nitrogen and oxygen atoms in total. The van der Waals surface area contributed by atoms with E-state index in [2.05, 4.69) is 20.0 Å². The number of likely N-dealkylation sites (N-methyl/N-ethyl adjacent to an activating group) is 1. The van der Waals surface area contributed by atoms with Gasteiger partial charge in [-0.1, -0.05) is 5.16 Å². The molecule has 1 N–H and O–H groups in total. The van der Waals surface area contributed by atoms with Crippen molar-refractivity contribution >= 4 is 11.8 Å². The highest BCUT2D eigenvalue weighted by atomic mass is 16.5. The summed E-state index contributed by atoms with van der Waals surface area (Å²) in [6.07, 6.45) is 0. The van der Waals surface area contributed by atoms with Crippen molar-refractivity contribution in [3.05, 3.63) is 11.7 Å². The average Bonchev–Trinajstić information content (AvgIpc) is 2.63. The largest absolute Gasteiger partial charge is 0.347 e. The monoisotopic (exact) mass is 226 g/mol. The van der Waals surface area contributed by atoms with E-state index in [0.29, 0.717) is 5.82 Å². The van der Waals surface area contributed by atoms with E-state index in [0.717, 1.165) is 0 Å². The third-order valence-corrected chi connectivity index (χ3v) is 1.88. The predicted molar refractivity (Wildman–Crippen MR) is 54.7 cm³/mol. The fourth-order valence-corrected chi connectivity index (χ4v) is 1.10. The first-order valence-corrected chi connectivity index (χ1v) is 4.74. The third-order valence-electron chi connectivity index (χ3n) is 1.88. The predicted octanol–water partition coefficient (Wildman–Crippen LogP) is -0.415. The zero-order valence-corrected chi connectivity index (χ0v) is 9.64. The number of aromatic nitrogens is 2. The summed E-state index contributed by atoms with van der Waals surface area (Å²) in [6, 6.07) is -0.630. The zero-order chi connectivity index (χ0) is 12.3. The maximum Gasteiger partial charge on any atom is 0.315 e. The smallest absolute Gasteiger partial charge is 0.315 e. The van der Waals surface area contributed by atoms with Gasteiger partial charge < -0.3 is 14.7 Å². The molecule has 0 unspecified atom stereocenters. The Hall–Kier alpha value is -1.92. The van der Waals surface area contributed by atoms with Gasteiger partial charge in [-0.15, -0.1) is 0 Å². The van der Waals surface area contributed by atoms with E-state index in [4.69, 9.17) is 0 Å². The lowest BCUT2D eigenvalue weighted by Gasteiger charge is -2.16. The van der Waals surface area contributed by atoms with Crippen LogP contribution >= 0.6 is 0 Å². The van der Waals surface area contributed by atoms with Crippen LogP contribution in [0.5, 0.6) is 0 Å². The molecule has 7 heteroatoms. The van der Waals surface area contributed by atoms with E-state index < -0.39 is 11.9 Å². The molecular formula is C9H14N4O3. The molecule has 0 aromatic carbocycles. The lowest BCUT2D eigenvalue weighted by atomic mass is 10.3. The van der Waals surface area contributed by atoms with Gasteiger partial charge in [-0.05, 0) is 13.8 Å². The number of carbonyl (C=O) groups is 2. The molecule has 1 heterocycles. The van der Waals surface area contributed by atoms with Gasteiger partial charge in [0.1, 0.15) is 6.04 Å². The molecule has 0 bridgehead atoms. The second-order valence-corrected chi connectivity index (χ2v) is 3.57. The molecular weight excluding hydrogens is 212 g/mol. The van der Waals surface area contributed by atoms with Gasteiger partial charge >= 0.3 is 11.8 Å². The summed E-state index contributed by atoms with van der Waals surface area (Å²) in [5.74, 6) is -0.527. The van der Waals surface area contributed by atoms with Crippen molar-refractivity contribution in [1.82, 2.24) is 20.4 Å². The van der Waals surface area contributed by atoms with E-state index in [-0.39, 0.29) is 11.8 Å². The van der Waals surface area contributed by atoms with Crippen LogP contribution < -0.4 is 5.32 Å². The Morgan fingerprint density at radius 1 is 1.44 bits per heavy atom. The molecule has 0 saturated heterocycles. The quantitative estimate of drug-likeness (QED) is 0.756. The van der Waals surface area contributed by atoms with Crippen LogP contribution in [0.1, 0.15) is 23.4 Å². The van der Waals surface area contributed by atoms with E-state index in [1.807, 2.05) is 0 Å². The molecule has 1 atom stereocenters. The lowest BCUT2D eigenvalue weighted by molar-refractivity contribution is -0.130. The van der Waals surface area contributed by atoms with E-state index in [1.54, 1.807) is 27.9 Å². The highest BCUT2D eigenvalue weighted by Crippen LogP contribution is 1.97. The van der Waals surface area contributed by atoms with Crippen molar-refractivity contribution in [2.24, 2.45) is 0 Å². The van der Waals surface area contributed by atoms with Gasteiger partial charge in [0.2, 0.25) is 5.91 Å². The molecule has 88 valence electrons. The number of hydrogen-bond donors (Lipinski definition) is 1. The van der Waals surface area contributed by atoms with Crippen LogP contribution in [0, 0.1) is 6.92 Å². The first kappa shape index (κ1) is 12.2. The van der Waals surface area contributed by atoms with Gasteiger partial charge in [0.05, 0.1) is 0 Å². The number of rotatable bonds is 3. The van der Waals surface area contributed by atoms with Crippen molar-refractivity contribution in [2.75, 3.05) is 14.1 Å². The molecule has 1 rings (SSSR count). The standard InChI is InChI=1S/C9H14N4O3/c1-5(9(15)13(3)4)10-7(14)8-11-6(2)12-16-8/h5H,1-4H3,(H,10,14)/t5-/m0/s1. The van der Waals surface area contributed by atoms with Crippen molar-refractivity contribution < 1.29 is 14.1 Å². The van der Waals surface area contributed by atoms with Gasteiger partial charge in [0.25, 0.3) is 0 Å². The molecule has 0 aliphatic carbocycles. The van der Waals surface area contributed by atoms with Gasteiger partial charge in [0, 0.05) is 14.1 Å². The molecule has 0 aliphatic rings. The Morgan fingerprint density at radius 3 is 2.50 bits per heavy atom. The number of aryl methyl sites for hydroxylation is 1. The zero-order valence-electron chi connectivity index (χ0n) is 9.64. The van der Waals surface area contributed by atoms with Crippen LogP contribution in [0.25, 0.3) is 0 Å². The summed E-state index contributed by atoms with van der Waals surface area (Å²) < 4.78 is 4.67. The Morgan fingerprint density at radius 2 is 2.06 bits per heavy atom. The molecule has 1 aromatic heterocycles. The minimum absolute atomic E-state index is 0.143. The van der Waals surface area contributed by atoms with Gasteiger partial charge in [-0.2, -0.15) is 4.98 Å². The Balaban J connectivity index is 2.61. The SMILES string of the molecule is Cc1noc(C(=O)N[C@@H](C)C(=O)N(C)C)n1. The summed E-state index contributed by atoms with van der Waals surface area (Å²) in [4.78, 5) is 28.1. The van der Waals surface area contributed by atoms with Crippen LogP contribution in [0.15, 0.2) is 4.52 Å². The van der Waals surface area contributed by atoms with Crippen LogP contribution in [0.2, 0.25) is 0 Å². The van der Waals surface area contributed by atoms with Crippen molar-refractivity contribution in [2.45, 2.75) is 19.9 Å². The number of carbonyl (C=O) groups excluding carboxylic acids is 2. The minimum atomic E-state index is -0.630. The van der Waals surface area contributed by atoms with Crippen molar-refractivity contribution in [3.8, 4) is 0 Å². The van der Waals surface area contributed by atoms with Crippen LogP contribution in [-0.2, 0) is 4.79 Å². The van der Waals surface area contributed by atoms with E-state index in [9.17, 15) is 9.59 Å². The average molecular weight is 226 g/mol. The summed E-state index contributed by atoms with van der Waals surface area (Å²) in [7, 11) is 3.23. The molecule has 0 spiro atoms. The van der Waals surface area contributed by atoms with Crippen molar-refractivity contribution in [1.29, 1.82) is 0 Å². The molecule has 1 aromatic rings. The highest BCUT2D eigenvalue weighted by molar-refractivity contribution is 5.93. The maximum absolute atomic E-state index is 11.5. The second-order valence-electron chi connectivity index (χ2n) is 3.57. The van der Waals surface area contributed by atoms with Gasteiger partial charge in [-0.3, -0.25) is 9.59 Å². The number of nitrogens with zero attached hydrogens (tertiary/aromatic N) is 3. The number of hydrogen-bond acceptors (Lipinski definition) is 5. The fourth-order valence-electron chi connectivity index (χ4n) is 1.10.